The van der Waals surface area contributed by atoms with Crippen molar-refractivity contribution in [2.75, 3.05) is 16.8 Å². The fourth-order valence-corrected chi connectivity index (χ4v) is 2.76. The molecule has 1 atom stereocenters. The summed E-state index contributed by atoms with van der Waals surface area (Å²) in [5.41, 5.74) is 7.30. The fourth-order valence-electron chi connectivity index (χ4n) is 1.53. The maximum absolute atomic E-state index is 11.2. The first-order chi connectivity index (χ1) is 7.48. The molecule has 0 amide bonds. The van der Waals surface area contributed by atoms with Crippen LogP contribution in [0, 0.1) is 6.92 Å². The van der Waals surface area contributed by atoms with Crippen LogP contribution in [0.2, 0.25) is 0 Å². The number of sulfone groups is 1. The Kier molecular flexibility index (Phi) is 2.59. The molecule has 0 fully saturated rings. The number of aryl methyl sites for hydroxylation is 1. The van der Waals surface area contributed by atoms with Crippen molar-refractivity contribution in [2.45, 2.75) is 13.0 Å². The lowest BCUT2D eigenvalue weighted by molar-refractivity contribution is 0.605. The van der Waals surface area contributed by atoms with E-state index in [0.717, 1.165) is 5.56 Å². The van der Waals surface area contributed by atoms with Gasteiger partial charge >= 0.3 is 0 Å². The lowest BCUT2D eigenvalue weighted by Gasteiger charge is -2.13. The first kappa shape index (κ1) is 10.9. The number of nitrogens with one attached hydrogen (secondary N) is 1. The third-order valence-corrected chi connectivity index (χ3v) is 3.86. The predicted molar refractivity (Wildman–Crippen MR) is 63.7 cm³/mol. The molecule has 3 N–H and O–H groups in total. The van der Waals surface area contributed by atoms with Gasteiger partial charge in [0.1, 0.15) is 5.82 Å². The molecule has 6 heteroatoms. The molecule has 1 aliphatic rings. The zero-order valence-corrected chi connectivity index (χ0v) is 9.66. The molecule has 16 heavy (non-hydrogen) atoms. The molecule has 0 aromatic carbocycles. The molecule has 0 spiro atoms. The van der Waals surface area contributed by atoms with Gasteiger partial charge in [0.05, 0.1) is 17.5 Å². The Hall–Kier alpha value is -1.56. The molecule has 1 aliphatic heterocycles. The third kappa shape index (κ3) is 2.16. The molecule has 86 valence electrons. The summed E-state index contributed by atoms with van der Waals surface area (Å²) in [4.78, 5) is 4.09. The third-order valence-electron chi connectivity index (χ3n) is 2.46. The van der Waals surface area contributed by atoms with Gasteiger partial charge in [-0.25, -0.2) is 13.4 Å². The highest BCUT2D eigenvalue weighted by Gasteiger charge is 2.22. The molecular weight excluding hydrogens is 226 g/mol. The van der Waals surface area contributed by atoms with Crippen LogP contribution in [-0.4, -0.2) is 25.2 Å². The topological polar surface area (TPSA) is 85.1 Å². The minimum absolute atomic E-state index is 0.0576. The average Bonchev–Trinajstić information content (AvgIpc) is 2.53. The van der Waals surface area contributed by atoms with Crippen molar-refractivity contribution in [3.05, 3.63) is 29.3 Å². The summed E-state index contributed by atoms with van der Waals surface area (Å²) in [6.07, 6.45) is 3.25. The largest absolute Gasteiger partial charge is 0.396 e. The molecule has 0 aliphatic carbocycles. The van der Waals surface area contributed by atoms with Crippen molar-refractivity contribution in [1.29, 1.82) is 0 Å². The van der Waals surface area contributed by atoms with Gasteiger partial charge in [-0.15, -0.1) is 0 Å². The maximum atomic E-state index is 11.2. The van der Waals surface area contributed by atoms with Gasteiger partial charge < -0.3 is 11.1 Å². The van der Waals surface area contributed by atoms with E-state index < -0.39 is 9.84 Å². The number of hydrogen-bond donors (Lipinski definition) is 2. The van der Waals surface area contributed by atoms with E-state index in [1.54, 1.807) is 12.3 Å². The lowest BCUT2D eigenvalue weighted by Crippen LogP contribution is -2.22. The average molecular weight is 239 g/mol. The number of nitrogens with two attached hydrogens (primary N) is 1. The van der Waals surface area contributed by atoms with Crippen molar-refractivity contribution < 1.29 is 8.42 Å². The van der Waals surface area contributed by atoms with Crippen LogP contribution in [0.3, 0.4) is 0 Å². The first-order valence-electron chi connectivity index (χ1n) is 4.86. The summed E-state index contributed by atoms with van der Waals surface area (Å²) < 4.78 is 22.4. The zero-order valence-electron chi connectivity index (χ0n) is 8.84. The quantitative estimate of drug-likeness (QED) is 0.793. The fraction of sp³-hybridized carbons (Fsp3) is 0.300. The van der Waals surface area contributed by atoms with E-state index in [4.69, 9.17) is 5.73 Å². The number of hydrogen-bond acceptors (Lipinski definition) is 5. The second-order valence-electron chi connectivity index (χ2n) is 3.80. The molecule has 1 aromatic heterocycles. The van der Waals surface area contributed by atoms with Crippen LogP contribution in [0.4, 0.5) is 11.5 Å². The van der Waals surface area contributed by atoms with Crippen molar-refractivity contribution >= 4 is 21.3 Å². The Labute approximate surface area is 94.3 Å². The molecular formula is C10H13N3O2S. The van der Waals surface area contributed by atoms with E-state index in [9.17, 15) is 8.42 Å². The summed E-state index contributed by atoms with van der Waals surface area (Å²) in [5, 5.41) is 4.22. The molecule has 2 rings (SSSR count). The van der Waals surface area contributed by atoms with Crippen LogP contribution in [0.25, 0.3) is 0 Å². The van der Waals surface area contributed by atoms with Gasteiger partial charge in [-0.3, -0.25) is 0 Å². The monoisotopic (exact) mass is 239 g/mol. The smallest absolute Gasteiger partial charge is 0.173 e. The highest BCUT2D eigenvalue weighted by Crippen LogP contribution is 2.21. The van der Waals surface area contributed by atoms with E-state index in [2.05, 4.69) is 10.3 Å². The highest BCUT2D eigenvalue weighted by molar-refractivity contribution is 7.94. The zero-order chi connectivity index (χ0) is 11.8. The van der Waals surface area contributed by atoms with Crippen LogP contribution in [-0.2, 0) is 9.84 Å². The molecule has 1 unspecified atom stereocenters. The Morgan fingerprint density at radius 2 is 2.31 bits per heavy atom. The van der Waals surface area contributed by atoms with Gasteiger partial charge in [0.2, 0.25) is 0 Å². The predicted octanol–water partition coefficient (Wildman–Crippen LogP) is 0.695. The van der Waals surface area contributed by atoms with Crippen molar-refractivity contribution in [2.24, 2.45) is 0 Å². The van der Waals surface area contributed by atoms with Crippen LogP contribution in [0.1, 0.15) is 5.56 Å². The SMILES string of the molecule is Cc1ccnc(NC2C=CS(=O)(=O)C2)c1N. The van der Waals surface area contributed by atoms with Gasteiger partial charge in [0, 0.05) is 11.6 Å². The Morgan fingerprint density at radius 3 is 2.94 bits per heavy atom. The number of nitrogens with zero attached hydrogens (tertiary/aromatic N) is 1. The summed E-state index contributed by atoms with van der Waals surface area (Å²) in [5.74, 6) is 0.592. The standard InChI is InChI=1S/C10H13N3O2S/c1-7-2-4-12-10(9(7)11)13-8-3-5-16(14,15)6-8/h2-5,8H,6,11H2,1H3,(H,12,13). The second kappa shape index (κ2) is 3.79. The number of pyridine rings is 1. The number of nitrogen functional groups attached to an aromatic ring is 1. The minimum atomic E-state index is -3.05. The van der Waals surface area contributed by atoms with Gasteiger partial charge in [-0.2, -0.15) is 0 Å². The molecule has 5 nitrogen and oxygen atoms in total. The maximum Gasteiger partial charge on any atom is 0.173 e. The van der Waals surface area contributed by atoms with Crippen molar-refractivity contribution in [3.63, 3.8) is 0 Å². The minimum Gasteiger partial charge on any atom is -0.396 e. The van der Waals surface area contributed by atoms with E-state index >= 15 is 0 Å². The highest BCUT2D eigenvalue weighted by atomic mass is 32.2. The van der Waals surface area contributed by atoms with Crippen LogP contribution < -0.4 is 11.1 Å². The van der Waals surface area contributed by atoms with E-state index in [-0.39, 0.29) is 11.8 Å². The van der Waals surface area contributed by atoms with Crippen molar-refractivity contribution in [3.8, 4) is 0 Å². The molecule has 0 bridgehead atoms. The molecule has 2 heterocycles. The normalized spacial score (nSPS) is 22.2. The Balaban J connectivity index is 2.17. The van der Waals surface area contributed by atoms with E-state index in [1.165, 1.54) is 5.41 Å². The summed E-state index contributed by atoms with van der Waals surface area (Å²) in [6.45, 7) is 1.88. The van der Waals surface area contributed by atoms with Crippen molar-refractivity contribution in [1.82, 2.24) is 4.98 Å². The number of rotatable bonds is 2. The van der Waals surface area contributed by atoms with Gasteiger partial charge in [0.25, 0.3) is 0 Å². The Morgan fingerprint density at radius 1 is 1.56 bits per heavy atom. The van der Waals surface area contributed by atoms with Gasteiger partial charge in [-0.1, -0.05) is 0 Å². The molecule has 0 saturated heterocycles. The van der Waals surface area contributed by atoms with Gasteiger partial charge in [-0.05, 0) is 24.6 Å². The summed E-state index contributed by atoms with van der Waals surface area (Å²) in [7, 11) is -3.05. The number of aromatic nitrogens is 1. The van der Waals surface area contributed by atoms with E-state index in [0.29, 0.717) is 11.5 Å². The molecule has 1 aromatic rings. The Bertz CT molecular complexity index is 537. The first-order valence-corrected chi connectivity index (χ1v) is 6.58. The summed E-state index contributed by atoms with van der Waals surface area (Å²) >= 11 is 0. The summed E-state index contributed by atoms with van der Waals surface area (Å²) in [6, 6.07) is 1.56. The van der Waals surface area contributed by atoms with Crippen LogP contribution >= 0.6 is 0 Å². The molecule has 0 saturated carbocycles. The number of anilines is 2. The van der Waals surface area contributed by atoms with E-state index in [1.807, 2.05) is 13.0 Å². The van der Waals surface area contributed by atoms with Gasteiger partial charge in [0.15, 0.2) is 9.84 Å². The van der Waals surface area contributed by atoms with Crippen LogP contribution in [0.5, 0.6) is 0 Å². The second-order valence-corrected chi connectivity index (χ2v) is 5.73. The lowest BCUT2D eigenvalue weighted by atomic mass is 10.2. The van der Waals surface area contributed by atoms with Crippen LogP contribution in [0.15, 0.2) is 23.7 Å². The molecule has 0 radical (unpaired) electrons.